The highest BCUT2D eigenvalue weighted by Gasteiger charge is 2.28. The molecule has 2 saturated carbocycles. The maximum absolute atomic E-state index is 13.0. The number of aryl methyl sites for hydroxylation is 1. The molecule has 0 aliphatic heterocycles. The van der Waals surface area contributed by atoms with Crippen LogP contribution in [0.3, 0.4) is 0 Å². The molecule has 2 aliphatic carbocycles. The summed E-state index contributed by atoms with van der Waals surface area (Å²) in [5.41, 5.74) is 1.98. The van der Waals surface area contributed by atoms with E-state index in [9.17, 15) is 4.79 Å². The van der Waals surface area contributed by atoms with Crippen molar-refractivity contribution in [2.45, 2.75) is 122 Å². The molecule has 1 aromatic carbocycles. The Hall–Kier alpha value is -2.23. The summed E-state index contributed by atoms with van der Waals surface area (Å²) in [6.45, 7) is 2.25. The van der Waals surface area contributed by atoms with Crippen LogP contribution in [-0.2, 0) is 11.2 Å². The fourth-order valence-electron chi connectivity index (χ4n) is 5.80. The van der Waals surface area contributed by atoms with E-state index in [1.165, 1.54) is 89.0 Å². The normalized spacial score (nSPS) is 19.6. The molecule has 2 aromatic rings. The first-order valence-corrected chi connectivity index (χ1v) is 15.3. The second kappa shape index (κ2) is 15.2. The van der Waals surface area contributed by atoms with Crippen molar-refractivity contribution in [1.82, 2.24) is 9.97 Å². The summed E-state index contributed by atoms with van der Waals surface area (Å²) >= 11 is 0. The van der Waals surface area contributed by atoms with Gasteiger partial charge in [-0.15, -0.1) is 0 Å². The molecule has 0 atom stereocenters. The van der Waals surface area contributed by atoms with Crippen molar-refractivity contribution in [3.05, 3.63) is 42.2 Å². The largest absolute Gasteiger partial charge is 0.426 e. The molecule has 1 heterocycles. The van der Waals surface area contributed by atoms with Crippen molar-refractivity contribution >= 4 is 5.97 Å². The molecule has 37 heavy (non-hydrogen) atoms. The van der Waals surface area contributed by atoms with E-state index >= 15 is 0 Å². The summed E-state index contributed by atoms with van der Waals surface area (Å²) in [4.78, 5) is 22.2. The Morgan fingerprint density at radius 1 is 0.784 bits per heavy atom. The number of carbonyl (C=O) groups excluding carboxylic acids is 1. The molecule has 0 spiro atoms. The van der Waals surface area contributed by atoms with Crippen molar-refractivity contribution in [3.63, 3.8) is 0 Å². The van der Waals surface area contributed by atoms with Crippen molar-refractivity contribution in [3.8, 4) is 17.1 Å². The minimum Gasteiger partial charge on any atom is -0.426 e. The third kappa shape index (κ3) is 9.54. The Morgan fingerprint density at radius 3 is 2.05 bits per heavy atom. The van der Waals surface area contributed by atoms with Crippen LogP contribution in [0.2, 0.25) is 0 Å². The van der Waals surface area contributed by atoms with Gasteiger partial charge in [-0.1, -0.05) is 96.1 Å². The first kappa shape index (κ1) is 27.8. The average Bonchev–Trinajstić information content (AvgIpc) is 3.76. The molecule has 4 heteroatoms. The molecule has 1 aromatic heterocycles. The molecule has 202 valence electrons. The fraction of sp³-hybridized carbons (Fsp3) is 0.667. The minimum atomic E-state index is -0.0939. The number of benzene rings is 1. The maximum atomic E-state index is 13.0. The number of esters is 1. The van der Waals surface area contributed by atoms with Gasteiger partial charge in [0.2, 0.25) is 0 Å². The maximum Gasteiger partial charge on any atom is 0.314 e. The number of rotatable bonds is 16. The minimum absolute atomic E-state index is 0.0111. The van der Waals surface area contributed by atoms with Crippen molar-refractivity contribution in [2.24, 2.45) is 17.8 Å². The zero-order chi connectivity index (χ0) is 25.7. The summed E-state index contributed by atoms with van der Waals surface area (Å²) in [5, 5.41) is 0. The highest BCUT2D eigenvalue weighted by atomic mass is 16.5. The number of hydrogen-bond acceptors (Lipinski definition) is 4. The zero-order valence-electron chi connectivity index (χ0n) is 23.1. The van der Waals surface area contributed by atoms with Gasteiger partial charge in [-0.2, -0.15) is 0 Å². The lowest BCUT2D eigenvalue weighted by Crippen LogP contribution is -2.26. The van der Waals surface area contributed by atoms with E-state index < -0.39 is 0 Å². The van der Waals surface area contributed by atoms with Gasteiger partial charge in [0.15, 0.2) is 5.82 Å². The van der Waals surface area contributed by atoms with Crippen LogP contribution in [0.25, 0.3) is 11.4 Å². The highest BCUT2D eigenvalue weighted by molar-refractivity contribution is 5.78. The van der Waals surface area contributed by atoms with Crippen molar-refractivity contribution < 1.29 is 9.53 Å². The van der Waals surface area contributed by atoms with Crippen LogP contribution in [0.4, 0.5) is 0 Å². The second-order valence-electron chi connectivity index (χ2n) is 11.6. The summed E-state index contributed by atoms with van der Waals surface area (Å²) < 4.78 is 5.92. The molecule has 4 rings (SSSR count). The lowest BCUT2D eigenvalue weighted by atomic mass is 9.80. The van der Waals surface area contributed by atoms with Gasteiger partial charge in [0.25, 0.3) is 0 Å². The summed E-state index contributed by atoms with van der Waals surface area (Å²) in [7, 11) is 0. The van der Waals surface area contributed by atoms with Gasteiger partial charge in [-0.3, -0.25) is 4.79 Å². The van der Waals surface area contributed by atoms with Crippen LogP contribution in [0.15, 0.2) is 36.7 Å². The third-order valence-electron chi connectivity index (χ3n) is 8.46. The molecule has 0 N–H and O–H groups in total. The Labute approximate surface area is 225 Å². The van der Waals surface area contributed by atoms with Crippen molar-refractivity contribution in [1.29, 1.82) is 0 Å². The smallest absolute Gasteiger partial charge is 0.314 e. The highest BCUT2D eigenvalue weighted by Crippen LogP contribution is 2.35. The van der Waals surface area contributed by atoms with E-state index in [2.05, 4.69) is 16.9 Å². The summed E-state index contributed by atoms with van der Waals surface area (Å²) in [6, 6.07) is 7.68. The zero-order valence-corrected chi connectivity index (χ0v) is 23.1. The van der Waals surface area contributed by atoms with E-state index in [1.807, 2.05) is 36.7 Å². The van der Waals surface area contributed by atoms with E-state index in [-0.39, 0.29) is 11.9 Å². The average molecular weight is 505 g/mol. The van der Waals surface area contributed by atoms with Crippen LogP contribution in [-0.4, -0.2) is 15.9 Å². The van der Waals surface area contributed by atoms with Crippen LogP contribution in [0.5, 0.6) is 5.75 Å². The summed E-state index contributed by atoms with van der Waals surface area (Å²) in [5.74, 6) is 2.98. The number of unbranched alkanes of at least 4 members (excludes halogenated alkanes) is 7. The van der Waals surface area contributed by atoms with Crippen LogP contribution in [0, 0.1) is 17.8 Å². The van der Waals surface area contributed by atoms with E-state index in [1.54, 1.807) is 0 Å². The predicted molar refractivity (Wildman–Crippen MR) is 151 cm³/mol. The van der Waals surface area contributed by atoms with Gasteiger partial charge >= 0.3 is 5.97 Å². The number of hydrogen-bond donors (Lipinski definition) is 0. The Balaban J connectivity index is 1.20. The van der Waals surface area contributed by atoms with Crippen LogP contribution >= 0.6 is 0 Å². The van der Waals surface area contributed by atoms with Gasteiger partial charge in [-0.25, -0.2) is 9.97 Å². The van der Waals surface area contributed by atoms with E-state index in [0.717, 1.165) is 49.5 Å². The SMILES string of the molecule is CCCCCC1CCC(C(=O)Oc2ccccc2-c2ncc(CCCCCCCCC3CC3)cn2)CC1. The lowest BCUT2D eigenvalue weighted by Gasteiger charge is -2.27. The van der Waals surface area contributed by atoms with E-state index in [0.29, 0.717) is 11.6 Å². The standard InChI is InChI=1S/C33H48N2O2/c1-2-3-8-13-27-20-22-29(23-21-27)33(36)37-31-17-12-11-16-30(31)32-34-24-28(25-35-32)15-10-7-5-4-6-9-14-26-18-19-26/h11-12,16-17,24-27,29H,2-10,13-15,18-23H2,1H3. The summed E-state index contributed by atoms with van der Waals surface area (Å²) in [6.07, 6.45) is 26.8. The third-order valence-corrected chi connectivity index (χ3v) is 8.46. The van der Waals surface area contributed by atoms with Gasteiger partial charge in [0, 0.05) is 12.4 Å². The topological polar surface area (TPSA) is 52.1 Å². The molecule has 2 aliphatic rings. The van der Waals surface area contributed by atoms with Gasteiger partial charge in [0.1, 0.15) is 5.75 Å². The Morgan fingerprint density at radius 2 is 1.38 bits per heavy atom. The van der Waals surface area contributed by atoms with Gasteiger partial charge < -0.3 is 4.74 Å². The van der Waals surface area contributed by atoms with Crippen LogP contribution < -0.4 is 4.74 Å². The molecule has 4 nitrogen and oxygen atoms in total. The lowest BCUT2D eigenvalue weighted by molar-refractivity contribution is -0.140. The number of aromatic nitrogens is 2. The molecular formula is C33H48N2O2. The monoisotopic (exact) mass is 504 g/mol. The first-order chi connectivity index (χ1) is 18.2. The quantitative estimate of drug-likeness (QED) is 0.130. The Bertz CT molecular complexity index is 930. The molecule has 2 fully saturated rings. The molecular weight excluding hydrogens is 456 g/mol. The van der Waals surface area contributed by atoms with Crippen LogP contribution in [0.1, 0.15) is 122 Å². The molecule has 0 amide bonds. The predicted octanol–water partition coefficient (Wildman–Crippen LogP) is 9.12. The molecule has 0 saturated heterocycles. The van der Waals surface area contributed by atoms with Crippen molar-refractivity contribution in [2.75, 3.05) is 0 Å². The first-order valence-electron chi connectivity index (χ1n) is 15.3. The number of para-hydroxylation sites is 1. The fourth-order valence-corrected chi connectivity index (χ4v) is 5.80. The number of carbonyl (C=O) groups is 1. The Kier molecular flexibility index (Phi) is 11.5. The number of ether oxygens (including phenoxy) is 1. The number of nitrogens with zero attached hydrogens (tertiary/aromatic N) is 2. The second-order valence-corrected chi connectivity index (χ2v) is 11.6. The van der Waals surface area contributed by atoms with E-state index in [4.69, 9.17) is 4.74 Å². The van der Waals surface area contributed by atoms with Gasteiger partial charge in [0.05, 0.1) is 11.5 Å². The molecule has 0 unspecified atom stereocenters. The molecule has 0 radical (unpaired) electrons. The van der Waals surface area contributed by atoms with Gasteiger partial charge in [-0.05, 0) is 68.1 Å². The molecule has 0 bridgehead atoms.